The van der Waals surface area contributed by atoms with Gasteiger partial charge in [-0.3, -0.25) is 10.1 Å². The lowest BCUT2D eigenvalue weighted by molar-refractivity contribution is -0.130. The van der Waals surface area contributed by atoms with E-state index in [4.69, 9.17) is 0 Å². The monoisotopic (exact) mass is 290 g/mol. The van der Waals surface area contributed by atoms with Gasteiger partial charge >= 0.3 is 0 Å². The fourth-order valence-electron chi connectivity index (χ4n) is 3.13. The minimum atomic E-state index is -0.00541. The Balaban J connectivity index is 1.72. The Hall–Kier alpha value is -1.00. The summed E-state index contributed by atoms with van der Waals surface area (Å²) < 4.78 is 0. The Morgan fingerprint density at radius 3 is 2.85 bits per heavy atom. The molecule has 2 atom stereocenters. The van der Waals surface area contributed by atoms with Crippen LogP contribution in [0.15, 0.2) is 24.3 Å². The number of carbonyl (C=O) groups excluding carboxylic acids is 1. The van der Waals surface area contributed by atoms with Crippen LogP contribution in [-0.4, -0.2) is 35.2 Å². The summed E-state index contributed by atoms with van der Waals surface area (Å²) in [5.74, 6) is 2.42. The first-order chi connectivity index (χ1) is 9.66. The maximum atomic E-state index is 12.4. The molecule has 0 spiro atoms. The SMILES string of the molecule is CC(C)N1CCC(NC2CSCc3ccccc32)C1=O. The summed E-state index contributed by atoms with van der Waals surface area (Å²) in [5.41, 5.74) is 2.79. The number of nitrogens with zero attached hydrogens (tertiary/aromatic N) is 1. The maximum Gasteiger partial charge on any atom is 0.240 e. The second-order valence-corrected chi connectivity index (χ2v) is 6.93. The molecule has 0 aromatic heterocycles. The van der Waals surface area contributed by atoms with Crippen molar-refractivity contribution in [3.63, 3.8) is 0 Å². The third-order valence-corrected chi connectivity index (χ3v) is 5.32. The smallest absolute Gasteiger partial charge is 0.240 e. The molecule has 2 heterocycles. The van der Waals surface area contributed by atoms with Gasteiger partial charge in [0.15, 0.2) is 0 Å². The molecule has 1 amide bonds. The standard InChI is InChI=1S/C16H22N2OS/c1-11(2)18-8-7-14(16(18)19)17-15-10-20-9-12-5-3-4-6-13(12)15/h3-6,11,14-15,17H,7-10H2,1-2H3. The van der Waals surface area contributed by atoms with Gasteiger partial charge in [-0.15, -0.1) is 0 Å². The van der Waals surface area contributed by atoms with E-state index in [1.54, 1.807) is 0 Å². The molecule has 2 aliphatic rings. The molecule has 1 saturated heterocycles. The van der Waals surface area contributed by atoms with Gasteiger partial charge in [0.05, 0.1) is 6.04 Å². The minimum absolute atomic E-state index is 0.00541. The highest BCUT2D eigenvalue weighted by Crippen LogP contribution is 2.32. The Morgan fingerprint density at radius 2 is 2.10 bits per heavy atom. The molecule has 1 aromatic carbocycles. The summed E-state index contributed by atoms with van der Waals surface area (Å²) in [7, 11) is 0. The molecule has 3 rings (SSSR count). The topological polar surface area (TPSA) is 32.3 Å². The highest BCUT2D eigenvalue weighted by Gasteiger charge is 2.35. The van der Waals surface area contributed by atoms with E-state index >= 15 is 0 Å². The van der Waals surface area contributed by atoms with Crippen molar-refractivity contribution in [2.45, 2.75) is 44.1 Å². The van der Waals surface area contributed by atoms with Crippen LogP contribution >= 0.6 is 11.8 Å². The number of likely N-dealkylation sites (tertiary alicyclic amines) is 1. The first kappa shape index (κ1) is 14.0. The predicted octanol–water partition coefficient (Wildman–Crippen LogP) is 2.57. The van der Waals surface area contributed by atoms with Crippen LogP contribution in [0.25, 0.3) is 0 Å². The van der Waals surface area contributed by atoms with E-state index in [-0.39, 0.29) is 11.9 Å². The van der Waals surface area contributed by atoms with Gasteiger partial charge in [0.1, 0.15) is 0 Å². The summed E-state index contributed by atoms with van der Waals surface area (Å²) in [5, 5.41) is 3.60. The second-order valence-electron chi connectivity index (χ2n) is 5.90. The normalized spacial score (nSPS) is 26.1. The molecule has 1 aromatic rings. The van der Waals surface area contributed by atoms with Gasteiger partial charge in [0.25, 0.3) is 0 Å². The maximum absolute atomic E-state index is 12.4. The van der Waals surface area contributed by atoms with Crippen LogP contribution in [0.5, 0.6) is 0 Å². The fraction of sp³-hybridized carbons (Fsp3) is 0.562. The molecule has 3 nitrogen and oxygen atoms in total. The summed E-state index contributed by atoms with van der Waals surface area (Å²) in [6, 6.07) is 9.21. The van der Waals surface area contributed by atoms with Crippen molar-refractivity contribution in [2.75, 3.05) is 12.3 Å². The molecular formula is C16H22N2OS. The molecule has 20 heavy (non-hydrogen) atoms. The average Bonchev–Trinajstić information content (AvgIpc) is 2.81. The van der Waals surface area contributed by atoms with Crippen LogP contribution in [0.3, 0.4) is 0 Å². The first-order valence-corrected chi connectivity index (χ1v) is 8.54. The summed E-state index contributed by atoms with van der Waals surface area (Å²) in [6.45, 7) is 5.06. The van der Waals surface area contributed by atoms with Crippen molar-refractivity contribution in [3.05, 3.63) is 35.4 Å². The molecular weight excluding hydrogens is 268 g/mol. The number of benzene rings is 1. The van der Waals surface area contributed by atoms with E-state index in [1.165, 1.54) is 11.1 Å². The van der Waals surface area contributed by atoms with E-state index in [0.717, 1.165) is 24.5 Å². The molecule has 4 heteroatoms. The van der Waals surface area contributed by atoms with Gasteiger partial charge in [-0.2, -0.15) is 11.8 Å². The van der Waals surface area contributed by atoms with Crippen molar-refractivity contribution in [2.24, 2.45) is 0 Å². The number of fused-ring (bicyclic) bond motifs is 1. The van der Waals surface area contributed by atoms with E-state index in [1.807, 2.05) is 16.7 Å². The highest BCUT2D eigenvalue weighted by molar-refractivity contribution is 7.98. The summed E-state index contributed by atoms with van der Waals surface area (Å²) in [4.78, 5) is 14.4. The number of thioether (sulfide) groups is 1. The van der Waals surface area contributed by atoms with Gasteiger partial charge in [-0.25, -0.2) is 0 Å². The second kappa shape index (κ2) is 5.78. The average molecular weight is 290 g/mol. The zero-order valence-corrected chi connectivity index (χ0v) is 13.0. The highest BCUT2D eigenvalue weighted by atomic mass is 32.2. The molecule has 0 saturated carbocycles. The molecule has 0 aliphatic carbocycles. The Morgan fingerprint density at radius 1 is 1.30 bits per heavy atom. The molecule has 0 radical (unpaired) electrons. The Labute approximate surface area is 125 Å². The van der Waals surface area contributed by atoms with Crippen LogP contribution in [0.1, 0.15) is 37.4 Å². The third kappa shape index (κ3) is 2.59. The first-order valence-electron chi connectivity index (χ1n) is 7.39. The lowest BCUT2D eigenvalue weighted by atomic mass is 10.0. The molecule has 2 aliphatic heterocycles. The van der Waals surface area contributed by atoms with Gasteiger partial charge in [-0.1, -0.05) is 24.3 Å². The number of hydrogen-bond donors (Lipinski definition) is 1. The molecule has 1 fully saturated rings. The van der Waals surface area contributed by atoms with Gasteiger partial charge in [-0.05, 0) is 31.4 Å². The van der Waals surface area contributed by atoms with Crippen molar-refractivity contribution >= 4 is 17.7 Å². The van der Waals surface area contributed by atoms with E-state index in [0.29, 0.717) is 12.1 Å². The van der Waals surface area contributed by atoms with Crippen molar-refractivity contribution < 1.29 is 4.79 Å². The van der Waals surface area contributed by atoms with Crippen LogP contribution in [-0.2, 0) is 10.5 Å². The lowest BCUT2D eigenvalue weighted by Gasteiger charge is -2.28. The summed E-state index contributed by atoms with van der Waals surface area (Å²) >= 11 is 1.95. The van der Waals surface area contributed by atoms with Crippen LogP contribution < -0.4 is 5.32 Å². The van der Waals surface area contributed by atoms with Crippen molar-refractivity contribution in [1.29, 1.82) is 0 Å². The summed E-state index contributed by atoms with van der Waals surface area (Å²) in [6.07, 6.45) is 0.931. The number of hydrogen-bond acceptors (Lipinski definition) is 3. The quantitative estimate of drug-likeness (QED) is 0.928. The van der Waals surface area contributed by atoms with Crippen LogP contribution in [0, 0.1) is 0 Å². The Bertz CT molecular complexity index is 503. The van der Waals surface area contributed by atoms with E-state index in [2.05, 4.69) is 43.4 Å². The van der Waals surface area contributed by atoms with Crippen LogP contribution in [0.4, 0.5) is 0 Å². The van der Waals surface area contributed by atoms with E-state index in [9.17, 15) is 4.79 Å². The molecule has 2 unspecified atom stereocenters. The van der Waals surface area contributed by atoms with Crippen molar-refractivity contribution in [3.8, 4) is 0 Å². The van der Waals surface area contributed by atoms with Gasteiger partial charge in [0, 0.05) is 30.1 Å². The largest absolute Gasteiger partial charge is 0.339 e. The zero-order chi connectivity index (χ0) is 14.1. The molecule has 1 N–H and O–H groups in total. The Kier molecular flexibility index (Phi) is 4.03. The zero-order valence-electron chi connectivity index (χ0n) is 12.1. The number of amides is 1. The van der Waals surface area contributed by atoms with E-state index < -0.39 is 0 Å². The minimum Gasteiger partial charge on any atom is -0.339 e. The lowest BCUT2D eigenvalue weighted by Crippen LogP contribution is -2.43. The number of nitrogens with one attached hydrogen (secondary N) is 1. The predicted molar refractivity (Wildman–Crippen MR) is 83.7 cm³/mol. The molecule has 108 valence electrons. The molecule has 0 bridgehead atoms. The van der Waals surface area contributed by atoms with Crippen LogP contribution in [0.2, 0.25) is 0 Å². The third-order valence-electron chi connectivity index (χ3n) is 4.24. The van der Waals surface area contributed by atoms with Gasteiger partial charge < -0.3 is 4.90 Å². The number of carbonyl (C=O) groups is 1. The van der Waals surface area contributed by atoms with Gasteiger partial charge in [0.2, 0.25) is 5.91 Å². The fourth-order valence-corrected chi connectivity index (χ4v) is 4.24. The number of rotatable bonds is 3. The van der Waals surface area contributed by atoms with Crippen molar-refractivity contribution in [1.82, 2.24) is 10.2 Å².